The lowest BCUT2D eigenvalue weighted by Gasteiger charge is -2.11. The first-order chi connectivity index (χ1) is 6.92. The van der Waals surface area contributed by atoms with Crippen molar-refractivity contribution in [2.45, 2.75) is 19.0 Å². The van der Waals surface area contributed by atoms with Crippen molar-refractivity contribution < 1.29 is 0 Å². The van der Waals surface area contributed by atoms with E-state index >= 15 is 0 Å². The first-order valence-corrected chi connectivity index (χ1v) is 6.44. The maximum atomic E-state index is 4.29. The third kappa shape index (κ3) is 1.51. The molecule has 5 heteroatoms. The number of rotatable bonds is 2. The molecule has 0 radical (unpaired) electrons. The molecule has 0 aliphatic carbocycles. The van der Waals surface area contributed by atoms with Crippen molar-refractivity contribution in [3.8, 4) is 0 Å². The third-order valence-corrected chi connectivity index (χ3v) is 4.29. The fourth-order valence-corrected chi connectivity index (χ4v) is 3.59. The number of aromatic nitrogens is 1. The number of fused-ring (bicyclic) bond motifs is 1. The van der Waals surface area contributed by atoms with Crippen molar-refractivity contribution in [2.75, 3.05) is 11.9 Å². The van der Waals surface area contributed by atoms with Gasteiger partial charge in [0.15, 0.2) is 0 Å². The molecule has 3 heterocycles. The van der Waals surface area contributed by atoms with Gasteiger partial charge in [-0.1, -0.05) is 11.3 Å². The summed E-state index contributed by atoms with van der Waals surface area (Å²) in [4.78, 5) is 5.44. The Kier molecular flexibility index (Phi) is 2.15. The Morgan fingerprint density at radius 2 is 2.57 bits per heavy atom. The summed E-state index contributed by atoms with van der Waals surface area (Å²) in [5.74, 6) is 0. The Balaban J connectivity index is 1.80. The number of hydrogen-bond acceptors (Lipinski definition) is 5. The molecule has 1 saturated heterocycles. The topological polar surface area (TPSA) is 37.0 Å². The van der Waals surface area contributed by atoms with E-state index in [1.54, 1.807) is 22.7 Å². The van der Waals surface area contributed by atoms with E-state index in [2.05, 4.69) is 21.7 Å². The van der Waals surface area contributed by atoms with Crippen LogP contribution in [0, 0.1) is 0 Å². The molecule has 3 rings (SSSR count). The second kappa shape index (κ2) is 3.49. The third-order valence-electron chi connectivity index (χ3n) is 2.41. The van der Waals surface area contributed by atoms with E-state index in [1.165, 1.54) is 22.5 Å². The monoisotopic (exact) mass is 225 g/mol. The highest BCUT2D eigenvalue weighted by molar-refractivity contribution is 7.28. The van der Waals surface area contributed by atoms with Gasteiger partial charge in [-0.2, -0.15) is 0 Å². The lowest BCUT2D eigenvalue weighted by Crippen LogP contribution is -2.29. The molecule has 0 aromatic carbocycles. The van der Waals surface area contributed by atoms with Crippen LogP contribution >= 0.6 is 22.7 Å². The standard InChI is InChI=1S/C9H11N3S2/c1-2-7(10-3-1)12-8-4-6-9(14-8)11-5-13-6/h4-5,7,10,12H,1-3H2. The molecule has 2 N–H and O–H groups in total. The first-order valence-electron chi connectivity index (χ1n) is 4.75. The molecular formula is C9H11N3S2. The molecule has 1 aliphatic rings. The van der Waals surface area contributed by atoms with Crippen LogP contribution in [0.5, 0.6) is 0 Å². The Morgan fingerprint density at radius 3 is 3.36 bits per heavy atom. The van der Waals surface area contributed by atoms with Crippen LogP contribution in [0.15, 0.2) is 11.6 Å². The molecule has 0 saturated carbocycles. The summed E-state index contributed by atoms with van der Waals surface area (Å²) in [6, 6.07) is 2.19. The van der Waals surface area contributed by atoms with Gasteiger partial charge in [0.25, 0.3) is 0 Å². The van der Waals surface area contributed by atoms with Crippen LogP contribution in [0.25, 0.3) is 9.53 Å². The Hall–Kier alpha value is -0.650. The molecule has 2 aromatic heterocycles. The first kappa shape index (κ1) is 8.64. The van der Waals surface area contributed by atoms with Crippen molar-refractivity contribution in [1.82, 2.24) is 10.3 Å². The minimum atomic E-state index is 0.461. The van der Waals surface area contributed by atoms with Crippen molar-refractivity contribution in [3.05, 3.63) is 11.6 Å². The molecule has 0 amide bonds. The Labute approximate surface area is 90.2 Å². The van der Waals surface area contributed by atoms with E-state index in [9.17, 15) is 0 Å². The van der Waals surface area contributed by atoms with Crippen LogP contribution in [0.1, 0.15) is 12.8 Å². The molecule has 74 valence electrons. The number of nitrogens with zero attached hydrogens (tertiary/aromatic N) is 1. The average Bonchev–Trinajstić information content (AvgIpc) is 2.78. The van der Waals surface area contributed by atoms with Crippen LogP contribution in [-0.2, 0) is 0 Å². The summed E-state index contributed by atoms with van der Waals surface area (Å²) in [6.45, 7) is 1.13. The predicted molar refractivity (Wildman–Crippen MR) is 62.1 cm³/mol. The zero-order chi connectivity index (χ0) is 9.38. The highest BCUT2D eigenvalue weighted by atomic mass is 32.1. The second-order valence-corrected chi connectivity index (χ2v) is 5.34. The molecule has 14 heavy (non-hydrogen) atoms. The smallest absolute Gasteiger partial charge is 0.136 e. The van der Waals surface area contributed by atoms with E-state index in [0.29, 0.717) is 6.17 Å². The van der Waals surface area contributed by atoms with Gasteiger partial charge in [0, 0.05) is 0 Å². The highest BCUT2D eigenvalue weighted by Crippen LogP contribution is 2.31. The van der Waals surface area contributed by atoms with Gasteiger partial charge in [-0.3, -0.25) is 5.32 Å². The SMILES string of the molecule is c1nc2sc(NC3CCCN3)cc2s1. The van der Waals surface area contributed by atoms with Gasteiger partial charge < -0.3 is 5.32 Å². The molecule has 1 fully saturated rings. The van der Waals surface area contributed by atoms with Gasteiger partial charge in [-0.05, 0) is 25.5 Å². The van der Waals surface area contributed by atoms with E-state index in [-0.39, 0.29) is 0 Å². The summed E-state index contributed by atoms with van der Waals surface area (Å²) in [5, 5.41) is 8.15. The van der Waals surface area contributed by atoms with Crippen molar-refractivity contribution in [1.29, 1.82) is 0 Å². The zero-order valence-electron chi connectivity index (χ0n) is 7.62. The van der Waals surface area contributed by atoms with Crippen LogP contribution < -0.4 is 10.6 Å². The number of nitrogens with one attached hydrogen (secondary N) is 2. The normalized spacial score (nSPS) is 21.9. The molecule has 1 atom stereocenters. The molecule has 0 spiro atoms. The minimum Gasteiger partial charge on any atom is -0.362 e. The molecule has 0 bridgehead atoms. The van der Waals surface area contributed by atoms with Crippen LogP contribution in [0.4, 0.5) is 5.00 Å². The minimum absolute atomic E-state index is 0.461. The van der Waals surface area contributed by atoms with Crippen molar-refractivity contribution >= 4 is 37.2 Å². The highest BCUT2D eigenvalue weighted by Gasteiger charge is 2.14. The number of thiophene rings is 1. The van der Waals surface area contributed by atoms with Gasteiger partial charge in [0.1, 0.15) is 4.83 Å². The summed E-state index contributed by atoms with van der Waals surface area (Å²) < 4.78 is 1.29. The molecule has 2 aromatic rings. The lowest BCUT2D eigenvalue weighted by atomic mass is 10.3. The summed E-state index contributed by atoms with van der Waals surface area (Å²) in [7, 11) is 0. The van der Waals surface area contributed by atoms with Crippen molar-refractivity contribution in [2.24, 2.45) is 0 Å². The van der Waals surface area contributed by atoms with Crippen molar-refractivity contribution in [3.63, 3.8) is 0 Å². The van der Waals surface area contributed by atoms with E-state index < -0.39 is 0 Å². The van der Waals surface area contributed by atoms with Gasteiger partial charge >= 0.3 is 0 Å². The van der Waals surface area contributed by atoms with Crippen LogP contribution in [0.2, 0.25) is 0 Å². The largest absolute Gasteiger partial charge is 0.362 e. The number of anilines is 1. The van der Waals surface area contributed by atoms with E-state index in [0.717, 1.165) is 11.4 Å². The lowest BCUT2D eigenvalue weighted by molar-refractivity contribution is 0.681. The number of thiazole rings is 1. The molecule has 1 unspecified atom stereocenters. The predicted octanol–water partition coefficient (Wildman–Crippen LogP) is 2.48. The van der Waals surface area contributed by atoms with E-state index in [1.807, 2.05) is 5.51 Å². The maximum Gasteiger partial charge on any atom is 0.136 e. The second-order valence-electron chi connectivity index (χ2n) is 3.43. The molecular weight excluding hydrogens is 214 g/mol. The summed E-state index contributed by atoms with van der Waals surface area (Å²) >= 11 is 3.44. The molecule has 1 aliphatic heterocycles. The maximum absolute atomic E-state index is 4.29. The summed E-state index contributed by atoms with van der Waals surface area (Å²) in [5.41, 5.74) is 1.90. The van der Waals surface area contributed by atoms with Crippen LogP contribution in [-0.4, -0.2) is 17.7 Å². The summed E-state index contributed by atoms with van der Waals surface area (Å²) in [6.07, 6.45) is 2.96. The Morgan fingerprint density at radius 1 is 1.57 bits per heavy atom. The number of hydrogen-bond donors (Lipinski definition) is 2. The Bertz CT molecular complexity index is 399. The van der Waals surface area contributed by atoms with Gasteiger partial charge in [0.05, 0.1) is 21.4 Å². The zero-order valence-corrected chi connectivity index (χ0v) is 9.25. The fraction of sp³-hybridized carbons (Fsp3) is 0.444. The van der Waals surface area contributed by atoms with Gasteiger partial charge in [0.2, 0.25) is 0 Å². The van der Waals surface area contributed by atoms with Crippen LogP contribution in [0.3, 0.4) is 0 Å². The van der Waals surface area contributed by atoms with Gasteiger partial charge in [-0.15, -0.1) is 11.3 Å². The fourth-order valence-electron chi connectivity index (χ4n) is 1.72. The van der Waals surface area contributed by atoms with Gasteiger partial charge in [-0.25, -0.2) is 4.98 Å². The van der Waals surface area contributed by atoms with E-state index in [4.69, 9.17) is 0 Å². The average molecular weight is 225 g/mol. The molecule has 3 nitrogen and oxygen atoms in total. The quantitative estimate of drug-likeness (QED) is 0.824.